The van der Waals surface area contributed by atoms with Crippen LogP contribution in [-0.4, -0.2) is 48.2 Å². The van der Waals surface area contributed by atoms with Crippen LogP contribution in [0.25, 0.3) is 10.8 Å². The van der Waals surface area contributed by atoms with Crippen molar-refractivity contribution in [3.8, 4) is 5.75 Å². The van der Waals surface area contributed by atoms with Crippen LogP contribution in [-0.2, 0) is 20.8 Å². The number of fused-ring (bicyclic) bond motifs is 1. The normalized spacial score (nSPS) is 22.5. The molecule has 0 spiro atoms. The predicted molar refractivity (Wildman–Crippen MR) is 137 cm³/mol. The van der Waals surface area contributed by atoms with Crippen molar-refractivity contribution in [3.63, 3.8) is 0 Å². The first-order valence-corrected chi connectivity index (χ1v) is 13.0. The monoisotopic (exact) mass is 478 g/mol. The van der Waals surface area contributed by atoms with Crippen molar-refractivity contribution in [1.82, 2.24) is 10.2 Å². The van der Waals surface area contributed by atoms with Gasteiger partial charge in [0.25, 0.3) is 0 Å². The highest BCUT2D eigenvalue weighted by Crippen LogP contribution is 2.35. The lowest BCUT2D eigenvalue weighted by Gasteiger charge is -2.34. The number of benzene rings is 2. The Morgan fingerprint density at radius 2 is 1.94 bits per heavy atom. The number of hydrogen-bond acceptors (Lipinski definition) is 4. The molecule has 35 heavy (non-hydrogen) atoms. The molecule has 188 valence electrons. The molecule has 6 nitrogen and oxygen atoms in total. The Hall–Kier alpha value is -2.89. The van der Waals surface area contributed by atoms with E-state index in [9.17, 15) is 14.4 Å². The smallest absolute Gasteiger partial charge is 0.222 e. The van der Waals surface area contributed by atoms with Gasteiger partial charge in [-0.2, -0.15) is 0 Å². The van der Waals surface area contributed by atoms with E-state index in [0.29, 0.717) is 51.1 Å². The van der Waals surface area contributed by atoms with E-state index in [1.54, 1.807) is 7.11 Å². The lowest BCUT2D eigenvalue weighted by Crippen LogP contribution is -2.46. The van der Waals surface area contributed by atoms with Crippen LogP contribution >= 0.6 is 0 Å². The quantitative estimate of drug-likeness (QED) is 0.568. The fraction of sp³-hybridized carbons (Fsp3) is 0.552. The van der Waals surface area contributed by atoms with Gasteiger partial charge in [0.05, 0.1) is 7.11 Å². The zero-order valence-corrected chi connectivity index (χ0v) is 21.3. The summed E-state index contributed by atoms with van der Waals surface area (Å²) in [6.45, 7) is 5.37. The van der Waals surface area contributed by atoms with E-state index in [0.717, 1.165) is 41.3 Å². The van der Waals surface area contributed by atoms with E-state index in [1.165, 1.54) is 0 Å². The predicted octanol–water partition coefficient (Wildman–Crippen LogP) is 4.67. The second-order valence-electron chi connectivity index (χ2n) is 10.7. The van der Waals surface area contributed by atoms with Crippen LogP contribution in [0.2, 0.25) is 0 Å². The van der Waals surface area contributed by atoms with Crippen molar-refractivity contribution in [2.75, 3.05) is 20.2 Å². The van der Waals surface area contributed by atoms with Gasteiger partial charge in [0.15, 0.2) is 0 Å². The number of likely N-dealkylation sites (tertiary alicyclic amines) is 1. The maximum atomic E-state index is 13.2. The highest BCUT2D eigenvalue weighted by Gasteiger charge is 2.39. The van der Waals surface area contributed by atoms with Gasteiger partial charge in [-0.25, -0.2) is 0 Å². The van der Waals surface area contributed by atoms with Gasteiger partial charge in [-0.15, -0.1) is 0 Å². The standard InChI is InChI=1S/C29H38N2O4/c1-20(2)17-25(32)22-7-6-16-31(19-22)28(34)13-15-29(14-12-27(33)30-29)18-21-10-11-26(35-3)24-9-5-4-8-23(21)24/h4-5,8-11,20,22H,6-7,12-19H2,1-3H3,(H,30,33)/t22-,29-/m0/s1. The lowest BCUT2D eigenvalue weighted by atomic mass is 9.83. The molecule has 2 fully saturated rings. The zero-order valence-electron chi connectivity index (χ0n) is 21.3. The average Bonchev–Trinajstić information content (AvgIpc) is 3.23. The Labute approximate surface area is 208 Å². The lowest BCUT2D eigenvalue weighted by molar-refractivity contribution is -0.136. The molecular formula is C29H38N2O4. The van der Waals surface area contributed by atoms with Gasteiger partial charge in [0.1, 0.15) is 11.5 Å². The summed E-state index contributed by atoms with van der Waals surface area (Å²) in [5.41, 5.74) is 0.709. The molecule has 2 aromatic carbocycles. The Morgan fingerprint density at radius 1 is 1.17 bits per heavy atom. The minimum atomic E-state index is -0.438. The van der Waals surface area contributed by atoms with Crippen LogP contribution in [0.4, 0.5) is 0 Å². The first-order chi connectivity index (χ1) is 16.8. The van der Waals surface area contributed by atoms with Crippen molar-refractivity contribution in [2.24, 2.45) is 11.8 Å². The average molecular weight is 479 g/mol. The van der Waals surface area contributed by atoms with Gasteiger partial charge in [0, 0.05) is 49.2 Å². The largest absolute Gasteiger partial charge is 0.496 e. The second kappa shape index (κ2) is 10.8. The van der Waals surface area contributed by atoms with Crippen molar-refractivity contribution in [1.29, 1.82) is 0 Å². The van der Waals surface area contributed by atoms with E-state index >= 15 is 0 Å². The topological polar surface area (TPSA) is 75.7 Å². The molecule has 2 amide bonds. The molecule has 6 heteroatoms. The van der Waals surface area contributed by atoms with Gasteiger partial charge in [-0.1, -0.05) is 44.2 Å². The molecule has 2 heterocycles. The van der Waals surface area contributed by atoms with E-state index < -0.39 is 5.54 Å². The third kappa shape index (κ3) is 5.85. The molecule has 2 saturated heterocycles. The highest BCUT2D eigenvalue weighted by molar-refractivity contribution is 5.91. The van der Waals surface area contributed by atoms with Crippen molar-refractivity contribution in [2.45, 2.75) is 70.8 Å². The summed E-state index contributed by atoms with van der Waals surface area (Å²) in [7, 11) is 1.67. The van der Waals surface area contributed by atoms with E-state index in [1.807, 2.05) is 23.1 Å². The molecule has 2 aliphatic heterocycles. The highest BCUT2D eigenvalue weighted by atomic mass is 16.5. The summed E-state index contributed by atoms with van der Waals surface area (Å²) in [6, 6.07) is 12.2. The fourth-order valence-corrected chi connectivity index (χ4v) is 5.75. The Kier molecular flexibility index (Phi) is 7.78. The number of carbonyl (C=O) groups is 3. The third-order valence-electron chi connectivity index (χ3n) is 7.61. The van der Waals surface area contributed by atoms with E-state index in [-0.39, 0.29) is 23.5 Å². The molecule has 0 aromatic heterocycles. The van der Waals surface area contributed by atoms with Gasteiger partial charge in [0.2, 0.25) is 11.8 Å². The SMILES string of the molecule is COc1ccc(C[C@@]2(CCC(=O)N3CCC[C@H](C(=O)CC(C)C)C3)CCC(=O)N2)c2ccccc12. The summed E-state index contributed by atoms with van der Waals surface area (Å²) in [4.78, 5) is 40.0. The summed E-state index contributed by atoms with van der Waals surface area (Å²) >= 11 is 0. The molecule has 0 saturated carbocycles. The molecular weight excluding hydrogens is 440 g/mol. The number of ether oxygens (including phenoxy) is 1. The number of Topliss-reactive ketones (excluding diaryl/α,β-unsaturated/α-hetero) is 1. The van der Waals surface area contributed by atoms with Crippen LogP contribution in [0.3, 0.4) is 0 Å². The van der Waals surface area contributed by atoms with Crippen LogP contribution < -0.4 is 10.1 Å². The summed E-state index contributed by atoms with van der Waals surface area (Å²) in [6.07, 6.45) is 5.18. The minimum absolute atomic E-state index is 0.0408. The molecule has 2 aromatic rings. The van der Waals surface area contributed by atoms with Crippen LogP contribution in [0.5, 0.6) is 5.75 Å². The summed E-state index contributed by atoms with van der Waals surface area (Å²) in [5.74, 6) is 1.55. The van der Waals surface area contributed by atoms with Crippen LogP contribution in [0.15, 0.2) is 36.4 Å². The molecule has 1 N–H and O–H groups in total. The number of amides is 2. The second-order valence-corrected chi connectivity index (χ2v) is 10.7. The van der Waals surface area contributed by atoms with Gasteiger partial charge in [-0.3, -0.25) is 14.4 Å². The number of carbonyl (C=O) groups excluding carboxylic acids is 3. The Bertz CT molecular complexity index is 1100. The van der Waals surface area contributed by atoms with E-state index in [4.69, 9.17) is 4.74 Å². The maximum Gasteiger partial charge on any atom is 0.222 e. The Morgan fingerprint density at radius 3 is 2.63 bits per heavy atom. The molecule has 2 aliphatic rings. The number of hydrogen-bond donors (Lipinski definition) is 1. The third-order valence-corrected chi connectivity index (χ3v) is 7.61. The number of nitrogens with zero attached hydrogens (tertiary/aromatic N) is 1. The van der Waals surface area contributed by atoms with Crippen LogP contribution in [0.1, 0.15) is 64.4 Å². The summed E-state index contributed by atoms with van der Waals surface area (Å²) < 4.78 is 5.54. The molecule has 0 bridgehead atoms. The van der Waals surface area contributed by atoms with E-state index in [2.05, 4.69) is 37.4 Å². The first-order valence-electron chi connectivity index (χ1n) is 13.0. The first kappa shape index (κ1) is 25.2. The maximum absolute atomic E-state index is 13.2. The van der Waals surface area contributed by atoms with Gasteiger partial charge >= 0.3 is 0 Å². The van der Waals surface area contributed by atoms with Gasteiger partial charge in [-0.05, 0) is 55.0 Å². The Balaban J connectivity index is 1.46. The number of nitrogens with one attached hydrogen (secondary N) is 1. The van der Waals surface area contributed by atoms with Crippen LogP contribution in [0, 0.1) is 11.8 Å². The fourth-order valence-electron chi connectivity index (χ4n) is 5.75. The number of methoxy groups -OCH3 is 1. The van der Waals surface area contributed by atoms with Crippen molar-refractivity contribution in [3.05, 3.63) is 42.0 Å². The number of rotatable bonds is 9. The molecule has 0 unspecified atom stereocenters. The molecule has 2 atom stereocenters. The molecule has 0 radical (unpaired) electrons. The minimum Gasteiger partial charge on any atom is -0.496 e. The van der Waals surface area contributed by atoms with Crippen molar-refractivity contribution < 1.29 is 19.1 Å². The number of piperidine rings is 1. The molecule has 0 aliphatic carbocycles. The van der Waals surface area contributed by atoms with Gasteiger partial charge < -0.3 is 15.0 Å². The zero-order chi connectivity index (χ0) is 25.0. The molecule has 4 rings (SSSR count). The number of ketones is 1. The summed E-state index contributed by atoms with van der Waals surface area (Å²) in [5, 5.41) is 5.38. The van der Waals surface area contributed by atoms with Crippen molar-refractivity contribution >= 4 is 28.4 Å².